The number of allylic oxidation sites excluding steroid dienone is 1. The van der Waals surface area contributed by atoms with Crippen molar-refractivity contribution in [1.29, 1.82) is 0 Å². The summed E-state index contributed by atoms with van der Waals surface area (Å²) in [6.45, 7) is 0.868. The highest BCUT2D eigenvalue weighted by atomic mass is 16.5. The minimum absolute atomic E-state index is 0.321. The fourth-order valence-electron chi connectivity index (χ4n) is 2.01. The van der Waals surface area contributed by atoms with Gasteiger partial charge in [-0.05, 0) is 18.4 Å². The second-order valence-electron chi connectivity index (χ2n) is 4.41. The van der Waals surface area contributed by atoms with E-state index in [0.717, 1.165) is 5.56 Å². The Bertz CT molecular complexity index is 403. The van der Waals surface area contributed by atoms with Crippen LogP contribution in [0.3, 0.4) is 0 Å². The van der Waals surface area contributed by atoms with Gasteiger partial charge in [0.1, 0.15) is 0 Å². The van der Waals surface area contributed by atoms with Crippen molar-refractivity contribution in [2.75, 3.05) is 13.2 Å². The summed E-state index contributed by atoms with van der Waals surface area (Å²) in [4.78, 5) is 11.3. The Hall–Kier alpha value is -1.61. The normalized spacial score (nSPS) is 24.2. The molecule has 1 atom stereocenters. The SMILES string of the molecule is O=C(O)C1(CC=Cc2ccccc2)CCOC1. The fraction of sp³-hybridized carbons (Fsp3) is 0.357. The van der Waals surface area contributed by atoms with Crippen molar-refractivity contribution in [2.24, 2.45) is 5.41 Å². The number of aliphatic carboxylic acids is 1. The topological polar surface area (TPSA) is 46.5 Å². The molecule has 1 aromatic carbocycles. The molecule has 1 aromatic rings. The minimum atomic E-state index is -0.757. The lowest BCUT2D eigenvalue weighted by Gasteiger charge is -2.19. The van der Waals surface area contributed by atoms with E-state index >= 15 is 0 Å². The van der Waals surface area contributed by atoms with Gasteiger partial charge in [-0.3, -0.25) is 4.79 Å². The van der Waals surface area contributed by atoms with Crippen LogP contribution in [0.15, 0.2) is 36.4 Å². The van der Waals surface area contributed by atoms with Crippen molar-refractivity contribution in [3.05, 3.63) is 42.0 Å². The van der Waals surface area contributed by atoms with E-state index in [1.165, 1.54) is 0 Å². The third-order valence-corrected chi connectivity index (χ3v) is 3.18. The van der Waals surface area contributed by atoms with Crippen LogP contribution in [0.4, 0.5) is 0 Å². The number of hydrogen-bond acceptors (Lipinski definition) is 2. The monoisotopic (exact) mass is 232 g/mol. The smallest absolute Gasteiger partial charge is 0.312 e. The van der Waals surface area contributed by atoms with Gasteiger partial charge in [-0.25, -0.2) is 0 Å². The number of hydrogen-bond donors (Lipinski definition) is 1. The second kappa shape index (κ2) is 5.15. The van der Waals surface area contributed by atoms with Crippen LogP contribution in [0.1, 0.15) is 18.4 Å². The van der Waals surface area contributed by atoms with Crippen LogP contribution < -0.4 is 0 Å². The molecule has 0 spiro atoms. The van der Waals surface area contributed by atoms with Crippen LogP contribution in [0, 0.1) is 5.41 Å². The van der Waals surface area contributed by atoms with E-state index in [4.69, 9.17) is 4.74 Å². The third-order valence-electron chi connectivity index (χ3n) is 3.18. The molecule has 0 aliphatic carbocycles. The number of carbonyl (C=O) groups is 1. The Morgan fingerprint density at radius 1 is 1.41 bits per heavy atom. The first-order valence-electron chi connectivity index (χ1n) is 5.76. The number of carboxylic acids is 1. The lowest BCUT2D eigenvalue weighted by Crippen LogP contribution is -2.30. The highest BCUT2D eigenvalue weighted by Gasteiger charge is 2.41. The molecule has 0 bridgehead atoms. The first-order valence-corrected chi connectivity index (χ1v) is 5.76. The third kappa shape index (κ3) is 2.74. The summed E-state index contributed by atoms with van der Waals surface area (Å²) in [5, 5.41) is 9.25. The minimum Gasteiger partial charge on any atom is -0.481 e. The summed E-state index contributed by atoms with van der Waals surface area (Å²) < 4.78 is 5.21. The van der Waals surface area contributed by atoms with E-state index in [1.54, 1.807) is 0 Å². The molecular formula is C14H16O3. The van der Waals surface area contributed by atoms with Crippen LogP contribution in [-0.4, -0.2) is 24.3 Å². The highest BCUT2D eigenvalue weighted by molar-refractivity contribution is 5.75. The van der Waals surface area contributed by atoms with Gasteiger partial charge >= 0.3 is 5.97 Å². The summed E-state index contributed by atoms with van der Waals surface area (Å²) in [5.41, 5.74) is 0.373. The highest BCUT2D eigenvalue weighted by Crippen LogP contribution is 2.33. The van der Waals surface area contributed by atoms with Crippen molar-refractivity contribution in [2.45, 2.75) is 12.8 Å². The molecule has 90 valence electrons. The van der Waals surface area contributed by atoms with E-state index in [-0.39, 0.29) is 0 Å². The number of benzene rings is 1. The van der Waals surface area contributed by atoms with Gasteiger partial charge in [0.05, 0.1) is 12.0 Å². The Morgan fingerprint density at radius 2 is 2.18 bits per heavy atom. The molecule has 0 saturated carbocycles. The summed E-state index contributed by atoms with van der Waals surface area (Å²) in [5.74, 6) is -0.757. The van der Waals surface area contributed by atoms with Gasteiger partial charge < -0.3 is 9.84 Å². The molecular weight excluding hydrogens is 216 g/mol. The van der Waals surface area contributed by atoms with Crippen LogP contribution in [0.2, 0.25) is 0 Å². The molecule has 3 nitrogen and oxygen atoms in total. The van der Waals surface area contributed by atoms with Gasteiger partial charge in [-0.1, -0.05) is 42.5 Å². The summed E-state index contributed by atoms with van der Waals surface area (Å²) in [7, 11) is 0. The summed E-state index contributed by atoms with van der Waals surface area (Å²) in [6.07, 6.45) is 5.01. The van der Waals surface area contributed by atoms with Gasteiger partial charge in [0, 0.05) is 6.61 Å². The first kappa shape index (κ1) is 11.9. The van der Waals surface area contributed by atoms with Crippen molar-refractivity contribution in [1.82, 2.24) is 0 Å². The molecule has 2 rings (SSSR count). The lowest BCUT2D eigenvalue weighted by molar-refractivity contribution is -0.148. The molecule has 1 aliphatic rings. The summed E-state index contributed by atoms with van der Waals surface area (Å²) >= 11 is 0. The largest absolute Gasteiger partial charge is 0.481 e. The molecule has 1 saturated heterocycles. The zero-order valence-electron chi connectivity index (χ0n) is 9.63. The molecule has 1 N–H and O–H groups in total. The zero-order valence-corrected chi connectivity index (χ0v) is 9.63. The Labute approximate surface area is 101 Å². The molecule has 0 amide bonds. The van der Waals surface area contributed by atoms with E-state index in [2.05, 4.69) is 0 Å². The molecule has 3 heteroatoms. The van der Waals surface area contributed by atoms with Crippen LogP contribution in [0.25, 0.3) is 6.08 Å². The van der Waals surface area contributed by atoms with Gasteiger partial charge in [-0.15, -0.1) is 0 Å². The quantitative estimate of drug-likeness (QED) is 0.867. The van der Waals surface area contributed by atoms with E-state index in [9.17, 15) is 9.90 Å². The fourth-order valence-corrected chi connectivity index (χ4v) is 2.01. The average molecular weight is 232 g/mol. The lowest BCUT2D eigenvalue weighted by atomic mass is 9.83. The molecule has 1 heterocycles. The van der Waals surface area contributed by atoms with Gasteiger partial charge in [0.2, 0.25) is 0 Å². The standard InChI is InChI=1S/C14H16O3/c15-13(16)14(9-10-17-11-14)8-4-7-12-5-2-1-3-6-12/h1-7H,8-11H2,(H,15,16). The maximum absolute atomic E-state index is 11.3. The van der Waals surface area contributed by atoms with Crippen LogP contribution >= 0.6 is 0 Å². The summed E-state index contributed by atoms with van der Waals surface area (Å²) in [6, 6.07) is 9.88. The number of carboxylic acid groups (broad SMARTS) is 1. The molecule has 1 aliphatic heterocycles. The van der Waals surface area contributed by atoms with Gasteiger partial charge in [-0.2, -0.15) is 0 Å². The van der Waals surface area contributed by atoms with E-state index < -0.39 is 11.4 Å². The van der Waals surface area contributed by atoms with Crippen molar-refractivity contribution in [3.63, 3.8) is 0 Å². The molecule has 0 aromatic heterocycles. The number of ether oxygens (including phenoxy) is 1. The maximum atomic E-state index is 11.3. The second-order valence-corrected chi connectivity index (χ2v) is 4.41. The predicted octanol–water partition coefficient (Wildman–Crippen LogP) is 2.58. The van der Waals surface area contributed by atoms with E-state index in [1.807, 2.05) is 42.5 Å². The maximum Gasteiger partial charge on any atom is 0.312 e. The Balaban J connectivity index is 2.01. The zero-order chi connectivity index (χ0) is 12.1. The average Bonchev–Trinajstić information content (AvgIpc) is 2.80. The van der Waals surface area contributed by atoms with Crippen molar-refractivity contribution >= 4 is 12.0 Å². The number of rotatable bonds is 4. The first-order chi connectivity index (χ1) is 8.23. The van der Waals surface area contributed by atoms with Crippen LogP contribution in [0.5, 0.6) is 0 Å². The van der Waals surface area contributed by atoms with Crippen molar-refractivity contribution < 1.29 is 14.6 Å². The predicted molar refractivity (Wildman–Crippen MR) is 65.6 cm³/mol. The molecule has 0 radical (unpaired) electrons. The Kier molecular flexibility index (Phi) is 3.59. The van der Waals surface area contributed by atoms with Crippen molar-refractivity contribution in [3.8, 4) is 0 Å². The van der Waals surface area contributed by atoms with E-state index in [0.29, 0.717) is 26.1 Å². The Morgan fingerprint density at radius 3 is 2.76 bits per heavy atom. The molecule has 17 heavy (non-hydrogen) atoms. The van der Waals surface area contributed by atoms with Gasteiger partial charge in [0.15, 0.2) is 0 Å². The van der Waals surface area contributed by atoms with Crippen LogP contribution in [-0.2, 0) is 9.53 Å². The molecule has 1 unspecified atom stereocenters. The van der Waals surface area contributed by atoms with Gasteiger partial charge in [0.25, 0.3) is 0 Å². The molecule has 1 fully saturated rings.